The van der Waals surface area contributed by atoms with Crippen molar-refractivity contribution in [3.05, 3.63) is 94.8 Å². The molecule has 0 spiro atoms. The molecule has 2 atom stereocenters. The quantitative estimate of drug-likeness (QED) is 0.573. The topological polar surface area (TPSA) is 59.0 Å². The number of piperidine rings is 1. The van der Waals surface area contributed by atoms with Crippen LogP contribution in [0.2, 0.25) is 0 Å². The summed E-state index contributed by atoms with van der Waals surface area (Å²) in [7, 11) is 0. The molecule has 0 radical (unpaired) electrons. The first-order valence-corrected chi connectivity index (χ1v) is 12.1. The number of hydrogen-bond acceptors (Lipinski definition) is 4. The molecule has 5 nitrogen and oxygen atoms in total. The highest BCUT2D eigenvalue weighted by molar-refractivity contribution is 5.79. The Morgan fingerprint density at radius 2 is 1.63 bits per heavy atom. The normalized spacial score (nSPS) is 25.2. The van der Waals surface area contributed by atoms with Crippen molar-refractivity contribution in [3.63, 3.8) is 0 Å². The smallest absolute Gasteiger partial charge is 0.410 e. The Morgan fingerprint density at radius 1 is 1.03 bits per heavy atom. The van der Waals surface area contributed by atoms with E-state index in [0.717, 1.165) is 5.56 Å². The summed E-state index contributed by atoms with van der Waals surface area (Å²) in [6, 6.07) is 20.5. The van der Waals surface area contributed by atoms with Crippen molar-refractivity contribution in [3.8, 4) is 11.1 Å². The predicted molar refractivity (Wildman–Crippen MR) is 130 cm³/mol. The van der Waals surface area contributed by atoms with Gasteiger partial charge in [0.05, 0.1) is 30.9 Å². The summed E-state index contributed by atoms with van der Waals surface area (Å²) in [5, 5.41) is 11.5. The van der Waals surface area contributed by atoms with E-state index in [1.54, 1.807) is 4.90 Å². The Hall–Kier alpha value is -3.22. The third kappa shape index (κ3) is 3.81. The van der Waals surface area contributed by atoms with Gasteiger partial charge in [-0.25, -0.2) is 9.18 Å². The minimum absolute atomic E-state index is 0.0144. The molecule has 180 valence electrons. The monoisotopic (exact) mass is 473 g/mol. The van der Waals surface area contributed by atoms with Crippen LogP contribution >= 0.6 is 0 Å². The fraction of sp³-hybridized carbons (Fsp3) is 0.345. The van der Waals surface area contributed by atoms with Crippen LogP contribution in [0.4, 0.5) is 9.18 Å². The molecule has 1 N–H and O–H groups in total. The fourth-order valence-electron chi connectivity index (χ4n) is 6.18. The van der Waals surface area contributed by atoms with Crippen LogP contribution in [-0.4, -0.2) is 48.0 Å². The number of amides is 1. The van der Waals surface area contributed by atoms with Gasteiger partial charge in [0.15, 0.2) is 0 Å². The summed E-state index contributed by atoms with van der Waals surface area (Å²) in [5.41, 5.74) is 4.80. The molecule has 2 fully saturated rings. The van der Waals surface area contributed by atoms with Gasteiger partial charge in [-0.3, -0.25) is 4.90 Å². The predicted octanol–water partition coefficient (Wildman–Crippen LogP) is 5.13. The number of halogens is 1. The molecule has 6 rings (SSSR count). The number of morpholine rings is 1. The zero-order valence-electron chi connectivity index (χ0n) is 19.6. The number of ether oxygens (including phenoxy) is 2. The Bertz CT molecular complexity index is 1210. The van der Waals surface area contributed by atoms with Crippen LogP contribution in [0.5, 0.6) is 0 Å². The van der Waals surface area contributed by atoms with Crippen molar-refractivity contribution in [2.75, 3.05) is 19.8 Å². The number of rotatable bonds is 3. The molecule has 6 heteroatoms. The van der Waals surface area contributed by atoms with Crippen LogP contribution in [0, 0.1) is 12.7 Å². The maximum Gasteiger partial charge on any atom is 0.410 e. The third-order valence-electron chi connectivity index (χ3n) is 7.68. The number of carbonyl (C=O) groups excluding carboxylic acids is 1. The lowest BCUT2D eigenvalue weighted by atomic mass is 9.76. The first-order valence-electron chi connectivity index (χ1n) is 12.1. The zero-order chi connectivity index (χ0) is 24.2. The highest BCUT2D eigenvalue weighted by Crippen LogP contribution is 2.45. The van der Waals surface area contributed by atoms with E-state index in [1.165, 1.54) is 34.4 Å². The summed E-state index contributed by atoms with van der Waals surface area (Å²) >= 11 is 0. The first-order chi connectivity index (χ1) is 16.9. The molecule has 1 aliphatic carbocycles. The van der Waals surface area contributed by atoms with E-state index in [9.17, 15) is 14.3 Å². The van der Waals surface area contributed by atoms with Gasteiger partial charge in [-0.1, -0.05) is 54.6 Å². The van der Waals surface area contributed by atoms with Crippen molar-refractivity contribution in [2.24, 2.45) is 0 Å². The molecule has 1 amide bonds. The summed E-state index contributed by atoms with van der Waals surface area (Å²) in [6.07, 6.45) is 0.162. The molecular formula is C29H28FNO4. The van der Waals surface area contributed by atoms with Gasteiger partial charge in [-0.15, -0.1) is 0 Å². The van der Waals surface area contributed by atoms with Gasteiger partial charge < -0.3 is 14.6 Å². The number of nitrogens with zero attached hydrogens (tertiary/aromatic N) is 1. The van der Waals surface area contributed by atoms with E-state index in [4.69, 9.17) is 9.47 Å². The molecule has 0 saturated carbocycles. The average Bonchev–Trinajstić information content (AvgIpc) is 3.15. The van der Waals surface area contributed by atoms with Crippen LogP contribution in [0.25, 0.3) is 11.1 Å². The van der Waals surface area contributed by atoms with Crippen molar-refractivity contribution in [1.82, 2.24) is 4.90 Å². The second-order valence-corrected chi connectivity index (χ2v) is 10.0. The van der Waals surface area contributed by atoms with E-state index >= 15 is 0 Å². The Kier molecular flexibility index (Phi) is 5.38. The van der Waals surface area contributed by atoms with Crippen LogP contribution in [-0.2, 0) is 15.1 Å². The lowest BCUT2D eigenvalue weighted by Crippen LogP contribution is -2.62. The standard InChI is InChI=1S/C29H28FNO4/c1-18-10-19(12-20(30)11-18)29(33)13-21-15-34-16-22(14-29)31(21)28(32)35-17-27-25-8-4-2-6-23(25)24-7-3-5-9-26(24)27/h2-12,21-22,27,33H,13-17H2,1H3. The van der Waals surface area contributed by atoms with Crippen LogP contribution in [0.3, 0.4) is 0 Å². The maximum atomic E-state index is 14.1. The largest absolute Gasteiger partial charge is 0.448 e. The minimum Gasteiger partial charge on any atom is -0.448 e. The summed E-state index contributed by atoms with van der Waals surface area (Å²) < 4.78 is 25.7. The van der Waals surface area contributed by atoms with Gasteiger partial charge in [0.1, 0.15) is 12.4 Å². The van der Waals surface area contributed by atoms with Crippen LogP contribution < -0.4 is 0 Å². The molecule has 35 heavy (non-hydrogen) atoms. The highest BCUT2D eigenvalue weighted by atomic mass is 19.1. The number of benzene rings is 3. The lowest BCUT2D eigenvalue weighted by Gasteiger charge is -2.51. The highest BCUT2D eigenvalue weighted by Gasteiger charge is 2.49. The second-order valence-electron chi connectivity index (χ2n) is 10.0. The number of aryl methyl sites for hydroxylation is 1. The van der Waals surface area contributed by atoms with Gasteiger partial charge in [0.2, 0.25) is 0 Å². The SMILES string of the molecule is Cc1cc(F)cc(C2(O)CC3COCC(C2)N3C(=O)OCC2c3ccccc3-c3ccccc32)c1. The van der Waals surface area contributed by atoms with Crippen LogP contribution in [0.1, 0.15) is 41.0 Å². The van der Waals surface area contributed by atoms with E-state index in [2.05, 4.69) is 24.3 Å². The van der Waals surface area contributed by atoms with E-state index in [0.29, 0.717) is 18.8 Å². The molecule has 2 bridgehead atoms. The van der Waals surface area contributed by atoms with Gasteiger partial charge in [-0.05, 0) is 52.4 Å². The molecule has 2 saturated heterocycles. The number of fused-ring (bicyclic) bond motifs is 5. The molecule has 0 aromatic heterocycles. The number of carbonyl (C=O) groups is 1. The zero-order valence-corrected chi connectivity index (χ0v) is 19.6. The van der Waals surface area contributed by atoms with Crippen LogP contribution in [0.15, 0.2) is 66.7 Å². The van der Waals surface area contributed by atoms with Gasteiger partial charge in [0.25, 0.3) is 0 Å². The molecule has 3 aromatic rings. The fourth-order valence-corrected chi connectivity index (χ4v) is 6.18. The van der Waals surface area contributed by atoms with Crippen molar-refractivity contribution in [2.45, 2.75) is 43.4 Å². The molecule has 2 unspecified atom stereocenters. The summed E-state index contributed by atoms with van der Waals surface area (Å²) in [6.45, 7) is 2.69. The second kappa shape index (κ2) is 8.47. The van der Waals surface area contributed by atoms with Crippen molar-refractivity contribution < 1.29 is 23.8 Å². The molecule has 3 aromatic carbocycles. The lowest BCUT2D eigenvalue weighted by molar-refractivity contribution is -0.136. The maximum absolute atomic E-state index is 14.1. The number of hydrogen-bond donors (Lipinski definition) is 1. The number of aliphatic hydroxyl groups is 1. The van der Waals surface area contributed by atoms with Gasteiger partial charge in [0, 0.05) is 18.8 Å². The summed E-state index contributed by atoms with van der Waals surface area (Å²) in [5.74, 6) is -0.381. The van der Waals surface area contributed by atoms with Gasteiger partial charge in [-0.2, -0.15) is 0 Å². The van der Waals surface area contributed by atoms with E-state index < -0.39 is 5.60 Å². The minimum atomic E-state index is -1.22. The Labute approximate surface area is 204 Å². The average molecular weight is 474 g/mol. The molecular weight excluding hydrogens is 445 g/mol. The first kappa shape index (κ1) is 22.3. The Balaban J connectivity index is 1.21. The third-order valence-corrected chi connectivity index (χ3v) is 7.68. The molecule has 2 heterocycles. The van der Waals surface area contributed by atoms with Crippen molar-refractivity contribution >= 4 is 6.09 Å². The Morgan fingerprint density at radius 3 is 2.23 bits per heavy atom. The van der Waals surface area contributed by atoms with Crippen molar-refractivity contribution in [1.29, 1.82) is 0 Å². The van der Waals surface area contributed by atoms with E-state index in [1.807, 2.05) is 37.3 Å². The molecule has 2 aliphatic heterocycles. The van der Waals surface area contributed by atoms with Gasteiger partial charge >= 0.3 is 6.09 Å². The molecule has 3 aliphatic rings. The van der Waals surface area contributed by atoms with E-state index in [-0.39, 0.29) is 49.4 Å². The summed E-state index contributed by atoms with van der Waals surface area (Å²) in [4.78, 5) is 15.1.